The SMILES string of the molecule is CNS(=O)(=O)c1ccc(NCc2ccc(-n3ccnc3)c(F)c2)c(F)c1. The van der Waals surface area contributed by atoms with Crippen molar-refractivity contribution in [2.75, 3.05) is 12.4 Å². The minimum absolute atomic E-state index is 0.124. The molecule has 0 aliphatic carbocycles. The first-order valence-corrected chi connectivity index (χ1v) is 9.13. The monoisotopic (exact) mass is 378 g/mol. The maximum Gasteiger partial charge on any atom is 0.240 e. The Bertz CT molecular complexity index is 1020. The molecule has 1 aromatic heterocycles. The first-order chi connectivity index (χ1) is 12.4. The second-order valence-electron chi connectivity index (χ2n) is 5.46. The molecule has 0 bridgehead atoms. The van der Waals surface area contributed by atoms with Crippen LogP contribution in [0.25, 0.3) is 5.69 Å². The molecule has 9 heteroatoms. The summed E-state index contributed by atoms with van der Waals surface area (Å²) in [5.41, 5.74) is 1.09. The van der Waals surface area contributed by atoms with E-state index in [1.807, 2.05) is 0 Å². The van der Waals surface area contributed by atoms with E-state index in [-0.39, 0.29) is 17.1 Å². The molecule has 3 rings (SSSR count). The molecule has 0 spiro atoms. The average molecular weight is 378 g/mol. The second kappa shape index (κ2) is 7.22. The van der Waals surface area contributed by atoms with Gasteiger partial charge in [0.05, 0.1) is 22.6 Å². The van der Waals surface area contributed by atoms with Crippen LogP contribution in [0, 0.1) is 11.6 Å². The minimum Gasteiger partial charge on any atom is -0.379 e. The molecule has 0 amide bonds. The highest BCUT2D eigenvalue weighted by molar-refractivity contribution is 7.89. The van der Waals surface area contributed by atoms with Gasteiger partial charge < -0.3 is 9.88 Å². The third-order valence-corrected chi connectivity index (χ3v) is 5.21. The molecule has 1 heterocycles. The van der Waals surface area contributed by atoms with Gasteiger partial charge >= 0.3 is 0 Å². The zero-order valence-corrected chi connectivity index (χ0v) is 14.6. The van der Waals surface area contributed by atoms with Crippen molar-refractivity contribution in [3.05, 3.63) is 72.3 Å². The Morgan fingerprint density at radius 3 is 2.54 bits per heavy atom. The quantitative estimate of drug-likeness (QED) is 0.692. The van der Waals surface area contributed by atoms with Crippen LogP contribution < -0.4 is 10.0 Å². The largest absolute Gasteiger partial charge is 0.379 e. The number of hydrogen-bond donors (Lipinski definition) is 2. The Kier molecular flexibility index (Phi) is 5.01. The number of aromatic nitrogens is 2. The summed E-state index contributed by atoms with van der Waals surface area (Å²) in [4.78, 5) is 3.71. The smallest absolute Gasteiger partial charge is 0.240 e. The van der Waals surface area contributed by atoms with Crippen LogP contribution in [0.3, 0.4) is 0 Å². The second-order valence-corrected chi connectivity index (χ2v) is 7.35. The number of nitrogens with one attached hydrogen (secondary N) is 2. The van der Waals surface area contributed by atoms with E-state index in [1.165, 1.54) is 31.6 Å². The fourth-order valence-electron chi connectivity index (χ4n) is 2.39. The molecular weight excluding hydrogens is 362 g/mol. The van der Waals surface area contributed by atoms with Crippen molar-refractivity contribution >= 4 is 15.7 Å². The molecule has 3 aromatic rings. The molecular formula is C17H16F2N4O2S. The summed E-state index contributed by atoms with van der Waals surface area (Å²) in [6.45, 7) is 0.177. The molecule has 0 aliphatic rings. The number of sulfonamides is 1. The van der Waals surface area contributed by atoms with Crippen molar-refractivity contribution in [1.29, 1.82) is 0 Å². The average Bonchev–Trinajstić information content (AvgIpc) is 3.15. The third-order valence-electron chi connectivity index (χ3n) is 3.80. The normalized spacial score (nSPS) is 11.5. The van der Waals surface area contributed by atoms with E-state index in [9.17, 15) is 17.2 Å². The van der Waals surface area contributed by atoms with Gasteiger partial charge in [-0.25, -0.2) is 26.9 Å². The number of hydrogen-bond acceptors (Lipinski definition) is 4. The predicted octanol–water partition coefficient (Wildman–Crippen LogP) is 2.67. The summed E-state index contributed by atoms with van der Waals surface area (Å²) in [7, 11) is -2.46. The summed E-state index contributed by atoms with van der Waals surface area (Å²) in [6.07, 6.45) is 4.68. The van der Waals surface area contributed by atoms with E-state index >= 15 is 0 Å². The van der Waals surface area contributed by atoms with Crippen LogP contribution in [0.15, 0.2) is 60.0 Å². The van der Waals surface area contributed by atoms with Gasteiger partial charge in [0.25, 0.3) is 0 Å². The Balaban J connectivity index is 1.74. The predicted molar refractivity (Wildman–Crippen MR) is 93.5 cm³/mol. The fourth-order valence-corrected chi connectivity index (χ4v) is 3.13. The van der Waals surface area contributed by atoms with E-state index in [4.69, 9.17) is 0 Å². The zero-order valence-electron chi connectivity index (χ0n) is 13.8. The maximum absolute atomic E-state index is 14.2. The number of benzene rings is 2. The zero-order chi connectivity index (χ0) is 18.7. The summed E-state index contributed by atoms with van der Waals surface area (Å²) in [6, 6.07) is 8.21. The van der Waals surface area contributed by atoms with Crippen LogP contribution >= 0.6 is 0 Å². The molecule has 0 aliphatic heterocycles. The first kappa shape index (κ1) is 18.0. The van der Waals surface area contributed by atoms with Gasteiger partial charge in [-0.3, -0.25) is 0 Å². The van der Waals surface area contributed by atoms with E-state index in [0.717, 1.165) is 6.07 Å². The number of halogens is 2. The Hall–Kier alpha value is -2.78. The van der Waals surface area contributed by atoms with E-state index < -0.39 is 21.7 Å². The lowest BCUT2D eigenvalue weighted by molar-refractivity contribution is 0.584. The van der Waals surface area contributed by atoms with Crippen LogP contribution in [0.2, 0.25) is 0 Å². The molecule has 0 atom stereocenters. The van der Waals surface area contributed by atoms with Gasteiger partial charge in [-0.15, -0.1) is 0 Å². The fraction of sp³-hybridized carbons (Fsp3) is 0.118. The molecule has 0 unspecified atom stereocenters. The highest BCUT2D eigenvalue weighted by Gasteiger charge is 2.14. The summed E-state index contributed by atoms with van der Waals surface area (Å²) in [5, 5.41) is 2.83. The number of anilines is 1. The summed E-state index contributed by atoms with van der Waals surface area (Å²) < 4.78 is 55.3. The summed E-state index contributed by atoms with van der Waals surface area (Å²) in [5.74, 6) is -1.14. The van der Waals surface area contributed by atoms with Crippen molar-refractivity contribution in [2.45, 2.75) is 11.4 Å². The third kappa shape index (κ3) is 3.73. The molecule has 0 fully saturated rings. The van der Waals surface area contributed by atoms with Crippen LogP contribution in [0.1, 0.15) is 5.56 Å². The van der Waals surface area contributed by atoms with Gasteiger partial charge in [0, 0.05) is 18.9 Å². The van der Waals surface area contributed by atoms with Crippen LogP contribution in [-0.4, -0.2) is 25.0 Å². The highest BCUT2D eigenvalue weighted by atomic mass is 32.2. The minimum atomic E-state index is -3.71. The topological polar surface area (TPSA) is 76.0 Å². The van der Waals surface area contributed by atoms with Gasteiger partial charge in [-0.2, -0.15) is 0 Å². The molecule has 0 radical (unpaired) electrons. The lowest BCUT2D eigenvalue weighted by Gasteiger charge is -2.11. The van der Waals surface area contributed by atoms with Crippen LogP contribution in [0.4, 0.5) is 14.5 Å². The molecule has 0 saturated heterocycles. The highest BCUT2D eigenvalue weighted by Crippen LogP contribution is 2.20. The lowest BCUT2D eigenvalue weighted by Crippen LogP contribution is -2.18. The first-order valence-electron chi connectivity index (χ1n) is 7.64. The van der Waals surface area contributed by atoms with Crippen LogP contribution in [-0.2, 0) is 16.6 Å². The van der Waals surface area contributed by atoms with E-state index in [0.29, 0.717) is 11.3 Å². The Morgan fingerprint density at radius 2 is 1.92 bits per heavy atom. The van der Waals surface area contributed by atoms with Gasteiger partial charge in [-0.1, -0.05) is 6.07 Å². The lowest BCUT2D eigenvalue weighted by atomic mass is 10.2. The van der Waals surface area contributed by atoms with E-state index in [1.54, 1.807) is 29.1 Å². The Labute approximate surface area is 149 Å². The molecule has 136 valence electrons. The Morgan fingerprint density at radius 1 is 1.12 bits per heavy atom. The van der Waals surface area contributed by atoms with Gasteiger partial charge in [-0.05, 0) is 42.9 Å². The number of rotatable bonds is 6. The van der Waals surface area contributed by atoms with Crippen molar-refractivity contribution < 1.29 is 17.2 Å². The van der Waals surface area contributed by atoms with Gasteiger partial charge in [0.2, 0.25) is 10.0 Å². The molecule has 6 nitrogen and oxygen atoms in total. The van der Waals surface area contributed by atoms with E-state index in [2.05, 4.69) is 15.0 Å². The van der Waals surface area contributed by atoms with Gasteiger partial charge in [0.1, 0.15) is 11.6 Å². The van der Waals surface area contributed by atoms with Crippen molar-refractivity contribution in [1.82, 2.24) is 14.3 Å². The van der Waals surface area contributed by atoms with Crippen LogP contribution in [0.5, 0.6) is 0 Å². The van der Waals surface area contributed by atoms with Gasteiger partial charge in [0.15, 0.2) is 0 Å². The molecule has 26 heavy (non-hydrogen) atoms. The summed E-state index contributed by atoms with van der Waals surface area (Å²) >= 11 is 0. The molecule has 2 N–H and O–H groups in total. The van der Waals surface area contributed by atoms with Crippen molar-refractivity contribution in [3.8, 4) is 5.69 Å². The maximum atomic E-state index is 14.2. The number of nitrogens with zero attached hydrogens (tertiary/aromatic N) is 2. The molecule has 2 aromatic carbocycles. The standard InChI is InChI=1S/C17H16F2N4O2S/c1-20-26(24,25)13-3-4-16(14(18)9-13)22-10-12-2-5-17(15(19)8-12)23-7-6-21-11-23/h2-9,11,20,22H,10H2,1H3. The van der Waals surface area contributed by atoms with Crippen molar-refractivity contribution in [3.63, 3.8) is 0 Å². The molecule has 0 saturated carbocycles. The number of imidazole rings is 1. The van der Waals surface area contributed by atoms with Crippen molar-refractivity contribution in [2.24, 2.45) is 0 Å².